The van der Waals surface area contributed by atoms with Gasteiger partial charge in [0.2, 0.25) is 10.0 Å². The minimum atomic E-state index is -4.54. The molecule has 3 atom stereocenters. The Hall–Kier alpha value is -5.09. The summed E-state index contributed by atoms with van der Waals surface area (Å²) in [4.78, 5) is 42.7. The van der Waals surface area contributed by atoms with Crippen LogP contribution >= 0.6 is 22.6 Å². The molecule has 3 aliphatic rings. The van der Waals surface area contributed by atoms with E-state index in [0.717, 1.165) is 4.90 Å². The molecule has 4 aromatic rings. The average molecular weight is 982 g/mol. The Morgan fingerprint density at radius 2 is 1.48 bits per heavy atom. The Morgan fingerprint density at radius 1 is 0.902 bits per heavy atom. The molecule has 1 N–H and O–H groups in total. The van der Waals surface area contributed by atoms with Crippen LogP contribution in [-0.2, 0) is 38.8 Å². The summed E-state index contributed by atoms with van der Waals surface area (Å²) in [6.45, 7) is 4.91. The lowest BCUT2D eigenvalue weighted by Crippen LogP contribution is -2.46. The van der Waals surface area contributed by atoms with Gasteiger partial charge in [-0.2, -0.15) is 9.42 Å². The third kappa shape index (κ3) is 9.54. The van der Waals surface area contributed by atoms with Crippen LogP contribution in [0.3, 0.4) is 0 Å². The molecule has 3 amide bonds. The smallest absolute Gasteiger partial charge is 0.410 e. The highest BCUT2D eigenvalue weighted by atomic mass is 127. The van der Waals surface area contributed by atoms with Gasteiger partial charge in [0.25, 0.3) is 11.8 Å². The predicted octanol–water partition coefficient (Wildman–Crippen LogP) is 6.16. The zero-order valence-corrected chi connectivity index (χ0v) is 37.8. The number of nitrogens with one attached hydrogen (secondary N) is 1. The number of ether oxygens (including phenoxy) is 3. The minimum absolute atomic E-state index is 0.00591. The van der Waals surface area contributed by atoms with Crippen molar-refractivity contribution in [3.8, 4) is 11.5 Å². The van der Waals surface area contributed by atoms with Crippen LogP contribution in [0.4, 0.5) is 4.79 Å². The van der Waals surface area contributed by atoms with E-state index in [1.165, 1.54) is 15.3 Å². The van der Waals surface area contributed by atoms with Gasteiger partial charge in [-0.1, -0.05) is 36.4 Å². The molecule has 16 nitrogen and oxygen atoms in total. The number of likely N-dealkylation sites (tertiary alicyclic amines) is 1. The fraction of sp³-hybridized carbons (Fsp3) is 0.333. The van der Waals surface area contributed by atoms with Gasteiger partial charge in [0, 0.05) is 41.4 Å². The lowest BCUT2D eigenvalue weighted by molar-refractivity contribution is 0.0189. The van der Waals surface area contributed by atoms with Gasteiger partial charge in [-0.25, -0.2) is 22.1 Å². The number of halogens is 1. The number of imide groups is 1. The van der Waals surface area contributed by atoms with Crippen molar-refractivity contribution in [2.45, 2.75) is 67.8 Å². The summed E-state index contributed by atoms with van der Waals surface area (Å²) in [6.07, 6.45) is -0.521. The van der Waals surface area contributed by atoms with Gasteiger partial charge in [0.1, 0.15) is 39.5 Å². The summed E-state index contributed by atoms with van der Waals surface area (Å²) in [5, 5.41) is 12.0. The van der Waals surface area contributed by atoms with Gasteiger partial charge in [0.05, 0.1) is 42.0 Å². The van der Waals surface area contributed by atoms with Gasteiger partial charge in [-0.3, -0.25) is 14.5 Å². The molecule has 0 bridgehead atoms. The van der Waals surface area contributed by atoms with Crippen molar-refractivity contribution < 1.29 is 41.2 Å². The molecule has 0 saturated carbocycles. The molecular formula is C42H44IN7O9S2. The van der Waals surface area contributed by atoms with Crippen LogP contribution in [0.15, 0.2) is 110 Å². The summed E-state index contributed by atoms with van der Waals surface area (Å²) in [5.74, 6) is 0.250. The largest absolute Gasteiger partial charge is 0.497 e. The van der Waals surface area contributed by atoms with Gasteiger partial charge >= 0.3 is 6.09 Å². The highest BCUT2D eigenvalue weighted by Crippen LogP contribution is 2.35. The second-order valence-electron chi connectivity index (χ2n) is 15.5. The Morgan fingerprint density at radius 3 is 1.98 bits per heavy atom. The van der Waals surface area contributed by atoms with Crippen molar-refractivity contribution in [2.24, 2.45) is 15.4 Å². The molecule has 0 aromatic heterocycles. The Balaban J connectivity index is 1.24. The van der Waals surface area contributed by atoms with Gasteiger partial charge in [-0.05, 0) is 115 Å². The van der Waals surface area contributed by atoms with E-state index in [4.69, 9.17) is 14.2 Å². The van der Waals surface area contributed by atoms with Crippen molar-refractivity contribution >= 4 is 67.2 Å². The summed E-state index contributed by atoms with van der Waals surface area (Å²) < 4.78 is 66.9. The van der Waals surface area contributed by atoms with Gasteiger partial charge < -0.3 is 19.1 Å². The molecule has 0 aliphatic carbocycles. The lowest BCUT2D eigenvalue weighted by atomic mass is 10.1. The second kappa shape index (κ2) is 18.1. The number of sulfonamides is 1. The highest BCUT2D eigenvalue weighted by molar-refractivity contribution is 14.1. The topological polar surface area (TPSA) is 189 Å². The van der Waals surface area contributed by atoms with Crippen LogP contribution in [0.1, 0.15) is 64.6 Å². The number of rotatable bonds is 14. The molecule has 0 spiro atoms. The number of methoxy groups -OCH3 is 2. The van der Waals surface area contributed by atoms with Crippen LogP contribution < -0.4 is 14.2 Å². The normalized spacial score (nSPS) is 18.1. The molecule has 320 valence electrons. The van der Waals surface area contributed by atoms with E-state index < -0.39 is 56.6 Å². The molecule has 3 heterocycles. The summed E-state index contributed by atoms with van der Waals surface area (Å²) >= 11 is 2.03. The third-order valence-electron chi connectivity index (χ3n) is 10.2. The average Bonchev–Trinajstić information content (AvgIpc) is 3.97. The fourth-order valence-corrected chi connectivity index (χ4v) is 11.6. The van der Waals surface area contributed by atoms with Crippen LogP contribution in [0, 0.1) is 3.57 Å². The second-order valence-corrected chi connectivity index (χ2v) is 19.8. The number of nitrogens with zero attached hydrogens (tertiary/aromatic N) is 6. The number of carbonyl (C=O) groups is 3. The first-order valence-electron chi connectivity index (χ1n) is 19.2. The Bertz CT molecular complexity index is 2460. The van der Waals surface area contributed by atoms with Gasteiger partial charge in [-0.15, -0.1) is 5.10 Å². The molecule has 4 aromatic carbocycles. The number of carbonyl (C=O) groups excluding carboxylic acids is 3. The van der Waals surface area contributed by atoms with Crippen LogP contribution in [0.25, 0.3) is 0 Å². The molecule has 61 heavy (non-hydrogen) atoms. The first-order valence-corrected chi connectivity index (χ1v) is 22.9. The molecule has 0 radical (unpaired) electrons. The predicted molar refractivity (Wildman–Crippen MR) is 234 cm³/mol. The molecule has 1 saturated heterocycles. The van der Waals surface area contributed by atoms with Crippen LogP contribution in [0.5, 0.6) is 11.5 Å². The maximum Gasteiger partial charge on any atom is 0.410 e. The van der Waals surface area contributed by atoms with E-state index in [9.17, 15) is 18.6 Å². The third-order valence-corrected chi connectivity index (χ3v) is 14.4. The van der Waals surface area contributed by atoms with E-state index in [1.54, 1.807) is 114 Å². The first kappa shape index (κ1) is 44.0. The molecule has 1 fully saturated rings. The van der Waals surface area contributed by atoms with Gasteiger partial charge in [0.15, 0.2) is 0 Å². The van der Waals surface area contributed by atoms with Crippen LogP contribution in [0.2, 0.25) is 0 Å². The van der Waals surface area contributed by atoms with Crippen molar-refractivity contribution in [1.82, 2.24) is 18.8 Å². The molecule has 7 rings (SSSR count). The highest BCUT2D eigenvalue weighted by Gasteiger charge is 2.44. The molecule has 1 unspecified atom stereocenters. The lowest BCUT2D eigenvalue weighted by Gasteiger charge is -2.30. The Kier molecular flexibility index (Phi) is 13.0. The van der Waals surface area contributed by atoms with E-state index in [0.29, 0.717) is 26.2 Å². The number of benzene rings is 4. The van der Waals surface area contributed by atoms with E-state index in [-0.39, 0.29) is 71.3 Å². The number of hydrogen-bond donors (Lipinski definition) is 1. The molecule has 3 aliphatic heterocycles. The first-order chi connectivity index (χ1) is 29.1. The number of hydrogen-bond acceptors (Lipinski definition) is 12. The van der Waals surface area contributed by atoms with E-state index in [2.05, 4.69) is 20.2 Å². The summed E-state index contributed by atoms with van der Waals surface area (Å²) in [6, 6.07) is 22.4. The number of fused-ring (bicyclic) bond motifs is 1. The number of amides is 3. The van der Waals surface area contributed by atoms with Crippen molar-refractivity contribution in [3.63, 3.8) is 0 Å². The van der Waals surface area contributed by atoms with Crippen molar-refractivity contribution in [3.05, 3.63) is 116 Å². The maximum atomic E-state index is 15.4. The monoisotopic (exact) mass is 981 g/mol. The quantitative estimate of drug-likeness (QED) is 0.114. The zero-order chi connectivity index (χ0) is 43.6. The van der Waals surface area contributed by atoms with Crippen molar-refractivity contribution in [1.29, 1.82) is 0 Å². The Labute approximate surface area is 370 Å². The summed E-state index contributed by atoms with van der Waals surface area (Å²) in [5.41, 5.74) is 1.53. The van der Waals surface area contributed by atoms with E-state index in [1.807, 2.05) is 22.6 Å². The van der Waals surface area contributed by atoms with Crippen molar-refractivity contribution in [2.75, 3.05) is 33.9 Å². The maximum absolute atomic E-state index is 15.4. The summed E-state index contributed by atoms with van der Waals surface area (Å²) in [7, 11) is -3.66. The zero-order valence-electron chi connectivity index (χ0n) is 34.0. The minimum Gasteiger partial charge on any atom is -0.497 e. The molecule has 19 heteroatoms. The SMILES string of the molecule is COc1ccc(CN(Cc2ccc(OC)cc2)S(=O)(=O)c2c(S(=O)N[C@@H]3C[C@@H](CN4C(=O)c5ccccc5C4=O)N(C(=O)OC(C)(C)C)C3)ccc(I)c2C2=NN=NC2)cc1. The van der Waals surface area contributed by atoms with Crippen LogP contribution in [-0.4, -0.2) is 102 Å². The fourth-order valence-electron chi connectivity index (χ4n) is 7.33. The van der Waals surface area contributed by atoms with E-state index >= 15 is 8.42 Å². The standard InChI is InChI=1S/C42H44IN7O9S2/c1-42(2,3)59-41(53)49-24-28(20-29(49)25-50-39(51)32-8-6-7-9-33(32)40(50)52)46-60(54)36-19-18-34(43)37(35-21-44-47-45-35)38(36)61(55,56)48(22-26-10-14-30(57-4)15-11-26)23-27-12-16-31(58-5)17-13-27/h6-19,28-29,46H,20-25H2,1-5H3/t28-,29+,60?/m1/s1. The molecular weight excluding hydrogens is 938 g/mol.